The fourth-order valence-corrected chi connectivity index (χ4v) is 1.87. The van der Waals surface area contributed by atoms with Crippen molar-refractivity contribution < 1.29 is 18.7 Å². The molecule has 0 radical (unpaired) electrons. The first-order valence-electron chi connectivity index (χ1n) is 7.10. The van der Waals surface area contributed by atoms with Crippen LogP contribution in [0, 0.1) is 5.82 Å². The molecule has 2 rings (SSSR count). The molecule has 4 nitrogen and oxygen atoms in total. The van der Waals surface area contributed by atoms with E-state index in [2.05, 4.69) is 5.32 Å². The van der Waals surface area contributed by atoms with Gasteiger partial charge in [0.05, 0.1) is 6.61 Å². The van der Waals surface area contributed by atoms with Crippen molar-refractivity contribution in [1.29, 1.82) is 0 Å². The molecule has 5 heteroatoms. The highest BCUT2D eigenvalue weighted by molar-refractivity contribution is 6.04. The molecule has 0 saturated heterocycles. The lowest BCUT2D eigenvalue weighted by Gasteiger charge is -2.05. The van der Waals surface area contributed by atoms with Crippen molar-refractivity contribution in [3.63, 3.8) is 0 Å². The molecule has 0 spiro atoms. The summed E-state index contributed by atoms with van der Waals surface area (Å²) in [6.07, 6.45) is 2.96. The fraction of sp³-hybridized carbons (Fsp3) is 0.111. The number of halogens is 1. The van der Waals surface area contributed by atoms with E-state index in [1.165, 1.54) is 30.3 Å². The Morgan fingerprint density at radius 3 is 2.57 bits per heavy atom. The average molecular weight is 313 g/mol. The third-order valence-corrected chi connectivity index (χ3v) is 2.95. The molecule has 118 valence electrons. The molecule has 0 aliphatic carbocycles. The van der Waals surface area contributed by atoms with Crippen LogP contribution in [0.15, 0.2) is 54.6 Å². The third kappa shape index (κ3) is 5.07. The Labute approximate surface area is 133 Å². The van der Waals surface area contributed by atoms with Gasteiger partial charge in [0.2, 0.25) is 0 Å². The molecule has 0 bridgehead atoms. The Bertz CT molecular complexity index is 723. The number of benzene rings is 2. The van der Waals surface area contributed by atoms with Gasteiger partial charge in [0.15, 0.2) is 0 Å². The van der Waals surface area contributed by atoms with Gasteiger partial charge in [0.25, 0.3) is 5.91 Å². The van der Waals surface area contributed by atoms with Crippen LogP contribution in [-0.2, 0) is 9.53 Å². The van der Waals surface area contributed by atoms with Crippen LogP contribution in [0.4, 0.5) is 10.1 Å². The molecule has 0 unspecified atom stereocenters. The van der Waals surface area contributed by atoms with Gasteiger partial charge in [-0.2, -0.15) is 0 Å². The second-order valence-corrected chi connectivity index (χ2v) is 4.67. The van der Waals surface area contributed by atoms with Crippen molar-refractivity contribution in [2.24, 2.45) is 0 Å². The predicted molar refractivity (Wildman–Crippen MR) is 86.5 cm³/mol. The lowest BCUT2D eigenvalue weighted by molar-refractivity contribution is -0.137. The molecule has 0 aliphatic rings. The van der Waals surface area contributed by atoms with E-state index in [1.54, 1.807) is 37.3 Å². The third-order valence-electron chi connectivity index (χ3n) is 2.95. The summed E-state index contributed by atoms with van der Waals surface area (Å²) < 4.78 is 17.9. The van der Waals surface area contributed by atoms with E-state index in [1.807, 2.05) is 0 Å². The molecule has 2 aromatic carbocycles. The Morgan fingerprint density at radius 2 is 1.91 bits per heavy atom. The number of ether oxygens (including phenoxy) is 1. The fourth-order valence-electron chi connectivity index (χ4n) is 1.87. The number of esters is 1. The molecule has 23 heavy (non-hydrogen) atoms. The molecule has 0 aromatic heterocycles. The number of carbonyl (C=O) groups is 2. The van der Waals surface area contributed by atoms with E-state index < -0.39 is 11.8 Å². The SMILES string of the molecule is CCOC(=O)/C=C/c1ccc(NC(=O)c2cccc(F)c2)cc1. The van der Waals surface area contributed by atoms with Crippen LogP contribution in [0.3, 0.4) is 0 Å². The minimum atomic E-state index is -0.461. The maximum Gasteiger partial charge on any atom is 0.330 e. The summed E-state index contributed by atoms with van der Waals surface area (Å²) in [5.41, 5.74) is 1.62. The maximum atomic E-state index is 13.1. The van der Waals surface area contributed by atoms with Crippen LogP contribution in [0.5, 0.6) is 0 Å². The van der Waals surface area contributed by atoms with E-state index >= 15 is 0 Å². The largest absolute Gasteiger partial charge is 0.463 e. The van der Waals surface area contributed by atoms with E-state index in [0.717, 1.165) is 5.56 Å². The summed E-state index contributed by atoms with van der Waals surface area (Å²) in [6.45, 7) is 2.07. The highest BCUT2D eigenvalue weighted by atomic mass is 19.1. The van der Waals surface area contributed by atoms with E-state index in [9.17, 15) is 14.0 Å². The molecule has 0 fully saturated rings. The average Bonchev–Trinajstić information content (AvgIpc) is 2.54. The number of carbonyl (C=O) groups excluding carboxylic acids is 2. The summed E-state index contributed by atoms with van der Waals surface area (Å²) in [5, 5.41) is 2.68. The van der Waals surface area contributed by atoms with Crippen LogP contribution in [0.1, 0.15) is 22.8 Å². The first-order chi connectivity index (χ1) is 11.1. The topological polar surface area (TPSA) is 55.4 Å². The molecule has 0 heterocycles. The first kappa shape index (κ1) is 16.4. The second-order valence-electron chi connectivity index (χ2n) is 4.67. The lowest BCUT2D eigenvalue weighted by atomic mass is 10.1. The maximum absolute atomic E-state index is 13.1. The van der Waals surface area contributed by atoms with Crippen LogP contribution >= 0.6 is 0 Å². The molecular weight excluding hydrogens is 297 g/mol. The monoisotopic (exact) mass is 313 g/mol. The number of hydrogen-bond donors (Lipinski definition) is 1. The van der Waals surface area contributed by atoms with Crippen molar-refractivity contribution in [2.75, 3.05) is 11.9 Å². The summed E-state index contributed by atoms with van der Waals surface area (Å²) in [7, 11) is 0. The molecule has 0 aliphatic heterocycles. The smallest absolute Gasteiger partial charge is 0.330 e. The summed E-state index contributed by atoms with van der Waals surface area (Å²) in [5.74, 6) is -1.26. The molecule has 2 aromatic rings. The predicted octanol–water partition coefficient (Wildman–Crippen LogP) is 3.65. The van der Waals surface area contributed by atoms with Crippen LogP contribution in [0.25, 0.3) is 6.08 Å². The number of amides is 1. The molecule has 1 N–H and O–H groups in total. The van der Waals surface area contributed by atoms with Crippen molar-refractivity contribution in [2.45, 2.75) is 6.92 Å². The Hall–Kier alpha value is -2.95. The number of nitrogens with one attached hydrogen (secondary N) is 1. The molecule has 0 atom stereocenters. The zero-order valence-electron chi connectivity index (χ0n) is 12.6. The van der Waals surface area contributed by atoms with Crippen LogP contribution < -0.4 is 5.32 Å². The molecule has 0 saturated carbocycles. The first-order valence-corrected chi connectivity index (χ1v) is 7.10. The van der Waals surface area contributed by atoms with Gasteiger partial charge >= 0.3 is 5.97 Å². The Morgan fingerprint density at radius 1 is 1.17 bits per heavy atom. The highest BCUT2D eigenvalue weighted by Gasteiger charge is 2.06. The lowest BCUT2D eigenvalue weighted by Crippen LogP contribution is -2.11. The standard InChI is InChI=1S/C18H16FNO3/c1-2-23-17(21)11-8-13-6-9-16(10-7-13)20-18(22)14-4-3-5-15(19)12-14/h3-12H,2H2,1H3,(H,20,22)/b11-8+. The van der Waals surface area contributed by atoms with Gasteiger partial charge in [-0.25, -0.2) is 9.18 Å². The minimum absolute atomic E-state index is 0.247. The van der Waals surface area contributed by atoms with E-state index in [4.69, 9.17) is 4.74 Å². The van der Waals surface area contributed by atoms with Gasteiger partial charge < -0.3 is 10.1 Å². The minimum Gasteiger partial charge on any atom is -0.463 e. The van der Waals surface area contributed by atoms with Crippen LogP contribution in [-0.4, -0.2) is 18.5 Å². The number of anilines is 1. The Balaban J connectivity index is 2.00. The van der Waals surface area contributed by atoms with Gasteiger partial charge in [-0.1, -0.05) is 18.2 Å². The second kappa shape index (κ2) is 7.89. The van der Waals surface area contributed by atoms with E-state index in [0.29, 0.717) is 12.3 Å². The van der Waals surface area contributed by atoms with Gasteiger partial charge in [-0.05, 0) is 48.9 Å². The van der Waals surface area contributed by atoms with Gasteiger partial charge in [-0.15, -0.1) is 0 Å². The van der Waals surface area contributed by atoms with Crippen molar-refractivity contribution >= 4 is 23.6 Å². The zero-order valence-corrected chi connectivity index (χ0v) is 12.6. The molecule has 1 amide bonds. The van der Waals surface area contributed by atoms with Crippen molar-refractivity contribution in [3.8, 4) is 0 Å². The van der Waals surface area contributed by atoms with Gasteiger partial charge in [0, 0.05) is 17.3 Å². The van der Waals surface area contributed by atoms with Gasteiger partial charge in [0.1, 0.15) is 5.82 Å². The van der Waals surface area contributed by atoms with Crippen LogP contribution in [0.2, 0.25) is 0 Å². The summed E-state index contributed by atoms with van der Waals surface area (Å²) >= 11 is 0. The van der Waals surface area contributed by atoms with Crippen molar-refractivity contribution in [3.05, 3.63) is 71.6 Å². The molecular formula is C18H16FNO3. The number of hydrogen-bond acceptors (Lipinski definition) is 3. The number of rotatable bonds is 5. The Kier molecular flexibility index (Phi) is 5.63. The van der Waals surface area contributed by atoms with E-state index in [-0.39, 0.29) is 11.5 Å². The summed E-state index contributed by atoms with van der Waals surface area (Å²) in [4.78, 5) is 23.2. The summed E-state index contributed by atoms with van der Waals surface area (Å²) in [6, 6.07) is 12.4. The zero-order chi connectivity index (χ0) is 16.7. The highest BCUT2D eigenvalue weighted by Crippen LogP contribution is 2.13. The normalized spacial score (nSPS) is 10.5. The quantitative estimate of drug-likeness (QED) is 0.677. The van der Waals surface area contributed by atoms with Gasteiger partial charge in [-0.3, -0.25) is 4.79 Å². The van der Waals surface area contributed by atoms with Crippen molar-refractivity contribution in [1.82, 2.24) is 0 Å².